The maximum absolute atomic E-state index is 4.49. The van der Waals surface area contributed by atoms with Crippen molar-refractivity contribution in [3.05, 3.63) is 0 Å². The topological polar surface area (TPSA) is 0 Å². The first-order valence-corrected chi connectivity index (χ1v) is 22.0. The molecule has 4 atom stereocenters. The fourth-order valence-electron chi connectivity index (χ4n) is 11.0. The van der Waals surface area contributed by atoms with Gasteiger partial charge >= 0.3 is 0 Å². The van der Waals surface area contributed by atoms with Crippen LogP contribution in [0.5, 0.6) is 0 Å². The molecule has 0 radical (unpaired) electrons. The fraction of sp³-hybridized carbons (Fsp3) is 0.976. The molecule has 4 saturated carbocycles. The van der Waals surface area contributed by atoms with Crippen molar-refractivity contribution in [2.45, 2.75) is 218 Å². The Labute approximate surface area is 273 Å². The summed E-state index contributed by atoms with van der Waals surface area (Å²) in [6.45, 7) is 0. The van der Waals surface area contributed by atoms with Crippen LogP contribution < -0.4 is 0 Å². The van der Waals surface area contributed by atoms with Gasteiger partial charge < -0.3 is 0 Å². The van der Waals surface area contributed by atoms with E-state index in [1.165, 1.54) is 162 Å². The molecule has 0 N–H and O–H groups in total. The van der Waals surface area contributed by atoms with E-state index in [-0.39, 0.29) is 0 Å². The number of hydrogen-bond acceptors (Lipinski definition) is 0. The van der Waals surface area contributed by atoms with Gasteiger partial charge in [-0.2, -0.15) is 0 Å². The largest absolute Gasteiger partial charge is 0.112 e. The molecule has 0 amide bonds. The zero-order chi connectivity index (χ0) is 29.8. The Morgan fingerprint density at radius 3 is 1.30 bits per heavy atom. The van der Waals surface area contributed by atoms with Gasteiger partial charge in [0, 0.05) is 0 Å². The molecule has 4 fully saturated rings. The van der Waals surface area contributed by atoms with E-state index in [0.717, 1.165) is 29.6 Å². The molecule has 0 bridgehead atoms. The first-order valence-electron chi connectivity index (χ1n) is 20.7. The maximum Gasteiger partial charge on any atom is -0.00499 e. The van der Waals surface area contributed by atoms with Gasteiger partial charge in [0.05, 0.1) is 0 Å². The molecule has 43 heavy (non-hydrogen) atoms. The smallest absolute Gasteiger partial charge is 0.00499 e. The molecule has 4 aliphatic carbocycles. The van der Waals surface area contributed by atoms with E-state index in [1.54, 1.807) is 70.6 Å². The second-order valence-corrected chi connectivity index (χ2v) is 17.5. The Kier molecular flexibility index (Phi) is 18.3. The first-order chi connectivity index (χ1) is 21.3. The quantitative estimate of drug-likeness (QED) is 0.251. The lowest BCUT2D eigenvalue weighted by Gasteiger charge is -2.43. The average Bonchev–Trinajstić information content (AvgIpc) is 3.62. The Bertz CT molecular complexity index is 671. The van der Waals surface area contributed by atoms with E-state index >= 15 is 0 Å². The minimum atomic E-state index is 0.639. The van der Waals surface area contributed by atoms with Crippen LogP contribution in [0.25, 0.3) is 0 Å². The van der Waals surface area contributed by atoms with Crippen molar-refractivity contribution >= 4 is 14.5 Å². The van der Waals surface area contributed by atoms with Gasteiger partial charge in [-0.25, -0.2) is 0 Å². The molecule has 0 spiro atoms. The van der Waals surface area contributed by atoms with Gasteiger partial charge in [-0.3, -0.25) is 0 Å². The fourth-order valence-corrected chi connectivity index (χ4v) is 12.1. The summed E-state index contributed by atoms with van der Waals surface area (Å²) >= 11 is 0. The van der Waals surface area contributed by atoms with Gasteiger partial charge in [0.1, 0.15) is 0 Å². The Hall–Kier alpha value is 0.170. The Balaban J connectivity index is 1.31. The van der Waals surface area contributed by atoms with Gasteiger partial charge in [-0.05, 0) is 86.1 Å². The van der Waals surface area contributed by atoms with Crippen LogP contribution in [0.4, 0.5) is 0 Å². The molecule has 1 heteroatoms. The Morgan fingerprint density at radius 1 is 0.419 bits per heavy atom. The number of rotatable bonds is 7. The molecule has 0 heterocycles. The van der Waals surface area contributed by atoms with E-state index in [4.69, 9.17) is 0 Å². The monoisotopic (exact) mass is 613 g/mol. The summed E-state index contributed by atoms with van der Waals surface area (Å²) in [6.07, 6.45) is 57.8. The maximum atomic E-state index is 4.49. The molecular formula is C42H77P. The Morgan fingerprint density at radius 2 is 0.837 bits per heavy atom. The van der Waals surface area contributed by atoms with Gasteiger partial charge in [0.25, 0.3) is 0 Å². The summed E-state index contributed by atoms with van der Waals surface area (Å²) in [5.74, 6) is 5.17. The molecule has 0 aliphatic heterocycles. The van der Waals surface area contributed by atoms with Crippen molar-refractivity contribution in [2.24, 2.45) is 35.0 Å². The van der Waals surface area contributed by atoms with E-state index in [2.05, 4.69) is 6.30 Å². The molecule has 0 aromatic heterocycles. The molecule has 250 valence electrons. The van der Waals surface area contributed by atoms with Crippen LogP contribution in [0.1, 0.15) is 218 Å². The zero-order valence-electron chi connectivity index (χ0n) is 29.3. The van der Waals surface area contributed by atoms with Crippen LogP contribution in [0.15, 0.2) is 0 Å². The number of hydrogen-bond donors (Lipinski definition) is 0. The van der Waals surface area contributed by atoms with Crippen molar-refractivity contribution < 1.29 is 0 Å². The highest BCUT2D eigenvalue weighted by Gasteiger charge is 2.47. The minimum absolute atomic E-state index is 0.639. The average molecular weight is 613 g/mol. The van der Waals surface area contributed by atoms with Gasteiger partial charge in [0.2, 0.25) is 0 Å². The molecule has 4 unspecified atom stereocenters. The van der Waals surface area contributed by atoms with Gasteiger partial charge in [-0.15, -0.1) is 8.20 Å². The molecular weight excluding hydrogens is 535 g/mol. The van der Waals surface area contributed by atoms with Crippen LogP contribution in [0.2, 0.25) is 0 Å². The predicted molar refractivity (Wildman–Crippen MR) is 196 cm³/mol. The standard InChI is InChI=1S/C42H77P/c1-43-36-42(40-27-22-18-14-10-5-3-2-4-6-11-15-19-23-28-40)32-24-29-41(42)35-39-31-30-38(34-39)33-37-25-20-16-12-8-7-9-13-17-21-26-37/h37-41H,1-36H2. The van der Waals surface area contributed by atoms with Crippen molar-refractivity contribution in [1.29, 1.82) is 0 Å². The summed E-state index contributed by atoms with van der Waals surface area (Å²) in [5.41, 5.74) is 0.639. The van der Waals surface area contributed by atoms with E-state index in [0.29, 0.717) is 5.41 Å². The van der Waals surface area contributed by atoms with E-state index < -0.39 is 0 Å². The molecule has 4 rings (SSSR count). The van der Waals surface area contributed by atoms with Crippen LogP contribution in [-0.4, -0.2) is 12.5 Å². The van der Waals surface area contributed by atoms with Gasteiger partial charge in [-0.1, -0.05) is 180 Å². The lowest BCUT2D eigenvalue weighted by Crippen LogP contribution is -2.37. The van der Waals surface area contributed by atoms with Crippen LogP contribution in [0, 0.1) is 35.0 Å². The molecule has 0 saturated heterocycles. The SMILES string of the molecule is C=PCC1(C2CCCCCCCCCCCCCCC2)CCCC1CC1CCC(CC2CCCCCCCCCCC2)C1. The van der Waals surface area contributed by atoms with Crippen molar-refractivity contribution in [2.75, 3.05) is 6.16 Å². The lowest BCUT2D eigenvalue weighted by atomic mass is 9.64. The van der Waals surface area contributed by atoms with Crippen molar-refractivity contribution in [3.63, 3.8) is 0 Å². The third kappa shape index (κ3) is 13.1. The molecule has 0 aromatic rings. The normalized spacial score (nSPS) is 33.6. The molecule has 4 aliphatic rings. The summed E-state index contributed by atoms with van der Waals surface area (Å²) in [4.78, 5) is 0. The lowest BCUT2D eigenvalue weighted by molar-refractivity contribution is 0.0894. The summed E-state index contributed by atoms with van der Waals surface area (Å²) in [7, 11) is 1.45. The van der Waals surface area contributed by atoms with Crippen LogP contribution >= 0.6 is 8.20 Å². The molecule has 0 aromatic carbocycles. The van der Waals surface area contributed by atoms with Crippen molar-refractivity contribution in [3.8, 4) is 0 Å². The van der Waals surface area contributed by atoms with E-state index in [9.17, 15) is 0 Å². The van der Waals surface area contributed by atoms with E-state index in [1.807, 2.05) is 0 Å². The minimum Gasteiger partial charge on any atom is -0.112 e. The third-order valence-electron chi connectivity index (χ3n) is 13.5. The van der Waals surface area contributed by atoms with Crippen LogP contribution in [0.3, 0.4) is 0 Å². The zero-order valence-corrected chi connectivity index (χ0v) is 30.2. The van der Waals surface area contributed by atoms with Crippen molar-refractivity contribution in [1.82, 2.24) is 0 Å². The summed E-state index contributed by atoms with van der Waals surface area (Å²) in [5, 5.41) is 0. The second-order valence-electron chi connectivity index (χ2n) is 16.7. The summed E-state index contributed by atoms with van der Waals surface area (Å²) < 4.78 is 0. The third-order valence-corrected chi connectivity index (χ3v) is 14.3. The summed E-state index contributed by atoms with van der Waals surface area (Å²) in [6, 6.07) is 0. The highest BCUT2D eigenvalue weighted by molar-refractivity contribution is 7.36. The second kappa shape index (κ2) is 21.9. The predicted octanol–water partition coefficient (Wildman–Crippen LogP) is 14.7. The highest BCUT2D eigenvalue weighted by atomic mass is 31.1. The molecule has 0 nitrogen and oxygen atoms in total. The van der Waals surface area contributed by atoms with Gasteiger partial charge in [0.15, 0.2) is 0 Å². The first kappa shape index (κ1) is 36.0. The highest BCUT2D eigenvalue weighted by Crippen LogP contribution is 2.57. The van der Waals surface area contributed by atoms with Crippen LogP contribution in [-0.2, 0) is 0 Å².